The van der Waals surface area contributed by atoms with E-state index in [1.54, 1.807) is 28.9 Å². The smallest absolute Gasteiger partial charge is 0.295 e. The van der Waals surface area contributed by atoms with Crippen molar-refractivity contribution in [3.05, 3.63) is 94.0 Å². The first-order valence-electron chi connectivity index (χ1n) is 9.70. The van der Waals surface area contributed by atoms with Crippen LogP contribution in [-0.2, 0) is 0 Å². The summed E-state index contributed by atoms with van der Waals surface area (Å²) < 4.78 is 15.1. The van der Waals surface area contributed by atoms with Gasteiger partial charge in [0.05, 0.1) is 5.69 Å². The lowest BCUT2D eigenvalue weighted by molar-refractivity contribution is 0.101. The maximum atomic E-state index is 13.5. The highest BCUT2D eigenvalue weighted by molar-refractivity contribution is 6.31. The Labute approximate surface area is 184 Å². The van der Waals surface area contributed by atoms with Crippen molar-refractivity contribution in [2.24, 2.45) is 0 Å². The first-order valence-corrected chi connectivity index (χ1v) is 10.1. The second-order valence-electron chi connectivity index (χ2n) is 7.39. The van der Waals surface area contributed by atoms with Crippen LogP contribution in [0.25, 0.3) is 17.1 Å². The zero-order chi connectivity index (χ0) is 22.1. The minimum Gasteiger partial charge on any atom is -0.319 e. The molecule has 0 saturated carbocycles. The van der Waals surface area contributed by atoms with Gasteiger partial charge in [0.1, 0.15) is 5.82 Å². The molecule has 1 N–H and O–H groups in total. The monoisotopic (exact) mass is 434 g/mol. The van der Waals surface area contributed by atoms with Gasteiger partial charge >= 0.3 is 0 Å². The molecule has 0 saturated heterocycles. The lowest BCUT2D eigenvalue weighted by Gasteiger charge is -2.10. The number of aryl methyl sites for hydroxylation is 3. The standard InChI is InChI=1S/C24H20ClFN4O/c1-14-4-11-21(16(3)12-14)30-23(17-6-8-18(26)9-7-17)28-22(29-30)24(31)27-19-10-5-15(2)20(25)13-19/h4-13H,1-3H3,(H,27,31). The summed E-state index contributed by atoms with van der Waals surface area (Å²) in [5.41, 5.74) is 4.98. The number of anilines is 1. The molecule has 156 valence electrons. The third-order valence-corrected chi connectivity index (χ3v) is 5.33. The van der Waals surface area contributed by atoms with Gasteiger partial charge in [-0.05, 0) is 74.4 Å². The molecule has 0 atom stereocenters. The molecular formula is C24H20ClFN4O. The third kappa shape index (κ3) is 4.34. The second kappa shape index (κ2) is 8.32. The highest BCUT2D eigenvalue weighted by Crippen LogP contribution is 2.25. The van der Waals surface area contributed by atoms with E-state index in [0.29, 0.717) is 22.1 Å². The van der Waals surface area contributed by atoms with E-state index in [0.717, 1.165) is 22.4 Å². The fraction of sp³-hybridized carbons (Fsp3) is 0.125. The SMILES string of the molecule is Cc1ccc(-n2nc(C(=O)Nc3ccc(C)c(Cl)c3)nc2-c2ccc(F)cc2)c(C)c1. The number of hydrogen-bond donors (Lipinski definition) is 1. The summed E-state index contributed by atoms with van der Waals surface area (Å²) in [6, 6.07) is 17.1. The van der Waals surface area contributed by atoms with Gasteiger partial charge in [-0.15, -0.1) is 5.10 Å². The molecular weight excluding hydrogens is 415 g/mol. The van der Waals surface area contributed by atoms with Crippen LogP contribution in [-0.4, -0.2) is 20.7 Å². The van der Waals surface area contributed by atoms with Crippen LogP contribution < -0.4 is 5.32 Å². The first kappa shape index (κ1) is 20.8. The molecule has 31 heavy (non-hydrogen) atoms. The molecule has 1 amide bonds. The van der Waals surface area contributed by atoms with Crippen LogP contribution in [0.5, 0.6) is 0 Å². The van der Waals surface area contributed by atoms with Gasteiger partial charge in [0.15, 0.2) is 5.82 Å². The average Bonchev–Trinajstić information content (AvgIpc) is 3.16. The van der Waals surface area contributed by atoms with Crippen LogP contribution in [0.4, 0.5) is 10.1 Å². The van der Waals surface area contributed by atoms with Gasteiger partial charge in [-0.2, -0.15) is 0 Å². The van der Waals surface area contributed by atoms with Crippen LogP contribution in [0.3, 0.4) is 0 Å². The Balaban J connectivity index is 1.77. The van der Waals surface area contributed by atoms with Crippen LogP contribution in [0, 0.1) is 26.6 Å². The highest BCUT2D eigenvalue weighted by Gasteiger charge is 2.20. The summed E-state index contributed by atoms with van der Waals surface area (Å²) in [6.07, 6.45) is 0. The molecule has 0 radical (unpaired) electrons. The summed E-state index contributed by atoms with van der Waals surface area (Å²) in [4.78, 5) is 17.3. The predicted molar refractivity (Wildman–Crippen MR) is 120 cm³/mol. The van der Waals surface area contributed by atoms with Crippen molar-refractivity contribution in [2.75, 3.05) is 5.32 Å². The summed E-state index contributed by atoms with van der Waals surface area (Å²) in [5.74, 6) is -0.377. The summed E-state index contributed by atoms with van der Waals surface area (Å²) in [7, 11) is 0. The lowest BCUT2D eigenvalue weighted by atomic mass is 10.1. The fourth-order valence-corrected chi connectivity index (χ4v) is 3.44. The van der Waals surface area contributed by atoms with Gasteiger partial charge in [0.25, 0.3) is 5.91 Å². The Morgan fingerprint density at radius 3 is 2.39 bits per heavy atom. The topological polar surface area (TPSA) is 59.8 Å². The molecule has 1 aromatic heterocycles. The average molecular weight is 435 g/mol. The summed E-state index contributed by atoms with van der Waals surface area (Å²) in [5, 5.41) is 7.81. The number of hydrogen-bond acceptors (Lipinski definition) is 3. The highest BCUT2D eigenvalue weighted by atomic mass is 35.5. The lowest BCUT2D eigenvalue weighted by Crippen LogP contribution is -2.14. The normalized spacial score (nSPS) is 10.9. The zero-order valence-electron chi connectivity index (χ0n) is 17.3. The Morgan fingerprint density at radius 2 is 1.71 bits per heavy atom. The van der Waals surface area contributed by atoms with E-state index in [9.17, 15) is 9.18 Å². The van der Waals surface area contributed by atoms with E-state index in [-0.39, 0.29) is 11.6 Å². The summed E-state index contributed by atoms with van der Waals surface area (Å²) in [6.45, 7) is 5.85. The Kier molecular flexibility index (Phi) is 5.57. The molecule has 1 heterocycles. The zero-order valence-corrected chi connectivity index (χ0v) is 18.0. The molecule has 5 nitrogen and oxygen atoms in total. The largest absolute Gasteiger partial charge is 0.319 e. The van der Waals surface area contributed by atoms with Crippen molar-refractivity contribution >= 4 is 23.2 Å². The first-order chi connectivity index (χ1) is 14.8. The number of halogens is 2. The van der Waals surface area contributed by atoms with Crippen LogP contribution in [0.1, 0.15) is 27.3 Å². The second-order valence-corrected chi connectivity index (χ2v) is 7.79. The Morgan fingerprint density at radius 1 is 0.968 bits per heavy atom. The molecule has 0 aliphatic rings. The molecule has 4 aromatic rings. The molecule has 7 heteroatoms. The number of aromatic nitrogens is 3. The minimum absolute atomic E-state index is 0.00371. The Hall–Kier alpha value is -3.51. The molecule has 4 rings (SSSR count). The van der Waals surface area contributed by atoms with Gasteiger partial charge in [0, 0.05) is 16.3 Å². The number of rotatable bonds is 4. The van der Waals surface area contributed by atoms with E-state index in [4.69, 9.17) is 11.6 Å². The van der Waals surface area contributed by atoms with Crippen molar-refractivity contribution < 1.29 is 9.18 Å². The third-order valence-electron chi connectivity index (χ3n) is 4.92. The van der Waals surface area contributed by atoms with E-state index in [1.807, 2.05) is 45.0 Å². The maximum absolute atomic E-state index is 13.5. The van der Waals surface area contributed by atoms with Gasteiger partial charge in [-0.3, -0.25) is 4.79 Å². The number of amides is 1. The maximum Gasteiger partial charge on any atom is 0.295 e. The van der Waals surface area contributed by atoms with Gasteiger partial charge in [0.2, 0.25) is 5.82 Å². The van der Waals surface area contributed by atoms with E-state index in [2.05, 4.69) is 15.4 Å². The number of carbonyl (C=O) groups is 1. The molecule has 3 aromatic carbocycles. The van der Waals surface area contributed by atoms with Gasteiger partial charge in [-0.1, -0.05) is 35.4 Å². The fourth-order valence-electron chi connectivity index (χ4n) is 3.26. The molecule has 0 unspecified atom stereocenters. The number of nitrogens with one attached hydrogen (secondary N) is 1. The van der Waals surface area contributed by atoms with E-state index >= 15 is 0 Å². The van der Waals surface area contributed by atoms with Crippen LogP contribution in [0.15, 0.2) is 60.7 Å². The van der Waals surface area contributed by atoms with Gasteiger partial charge < -0.3 is 5.32 Å². The van der Waals surface area contributed by atoms with Crippen molar-refractivity contribution in [1.29, 1.82) is 0 Å². The molecule has 0 spiro atoms. The van der Waals surface area contributed by atoms with Crippen molar-refractivity contribution in [2.45, 2.75) is 20.8 Å². The van der Waals surface area contributed by atoms with Crippen molar-refractivity contribution in [1.82, 2.24) is 14.8 Å². The number of nitrogens with zero attached hydrogens (tertiary/aromatic N) is 3. The quantitative estimate of drug-likeness (QED) is 0.434. The molecule has 0 aliphatic carbocycles. The number of carbonyl (C=O) groups excluding carboxylic acids is 1. The van der Waals surface area contributed by atoms with E-state index in [1.165, 1.54) is 12.1 Å². The molecule has 0 aliphatic heterocycles. The van der Waals surface area contributed by atoms with Crippen LogP contribution >= 0.6 is 11.6 Å². The van der Waals surface area contributed by atoms with Gasteiger partial charge in [-0.25, -0.2) is 14.1 Å². The summed E-state index contributed by atoms with van der Waals surface area (Å²) >= 11 is 6.16. The Bertz CT molecular complexity index is 1280. The van der Waals surface area contributed by atoms with E-state index < -0.39 is 5.91 Å². The van der Waals surface area contributed by atoms with Crippen molar-refractivity contribution in [3.8, 4) is 17.1 Å². The predicted octanol–water partition coefficient (Wildman–Crippen LogP) is 5.90. The number of benzene rings is 3. The van der Waals surface area contributed by atoms with Crippen LogP contribution in [0.2, 0.25) is 5.02 Å². The van der Waals surface area contributed by atoms with Crippen molar-refractivity contribution in [3.63, 3.8) is 0 Å². The molecule has 0 fully saturated rings. The minimum atomic E-state index is -0.466. The molecule has 0 bridgehead atoms.